The van der Waals surface area contributed by atoms with E-state index in [0.717, 1.165) is 0 Å². The number of nitrogens with one attached hydrogen (secondary N) is 1. The zero-order valence-electron chi connectivity index (χ0n) is 10.6. The van der Waals surface area contributed by atoms with Crippen molar-refractivity contribution in [1.29, 1.82) is 0 Å². The zero-order valence-corrected chi connectivity index (χ0v) is 12.3. The SMILES string of the molecule is CCS(=O)(=O)NCCS(=O)(=O)N1CCOC(C)C1. The zero-order chi connectivity index (χ0) is 13.8. The molecule has 0 aromatic carbocycles. The van der Waals surface area contributed by atoms with Crippen LogP contribution >= 0.6 is 0 Å². The third-order valence-corrected chi connectivity index (χ3v) is 5.90. The summed E-state index contributed by atoms with van der Waals surface area (Å²) in [5, 5.41) is 0. The van der Waals surface area contributed by atoms with Gasteiger partial charge in [-0.25, -0.2) is 21.6 Å². The molecule has 7 nitrogen and oxygen atoms in total. The molecule has 108 valence electrons. The second kappa shape index (κ2) is 6.29. The molecule has 1 heterocycles. The Bertz CT molecular complexity index is 459. The molecule has 0 aromatic rings. The lowest BCUT2D eigenvalue weighted by Gasteiger charge is -2.30. The highest BCUT2D eigenvalue weighted by Crippen LogP contribution is 2.09. The third-order valence-electron chi connectivity index (χ3n) is 2.66. The van der Waals surface area contributed by atoms with Crippen LogP contribution in [-0.2, 0) is 24.8 Å². The van der Waals surface area contributed by atoms with E-state index < -0.39 is 20.0 Å². The molecule has 18 heavy (non-hydrogen) atoms. The molecule has 1 rings (SSSR count). The van der Waals surface area contributed by atoms with Gasteiger partial charge in [0.15, 0.2) is 0 Å². The third kappa shape index (κ3) is 4.81. The van der Waals surface area contributed by atoms with E-state index in [4.69, 9.17) is 4.74 Å². The van der Waals surface area contributed by atoms with E-state index in [2.05, 4.69) is 4.72 Å². The Balaban J connectivity index is 2.50. The minimum absolute atomic E-state index is 0.0539. The van der Waals surface area contributed by atoms with E-state index in [0.29, 0.717) is 19.7 Å². The Morgan fingerprint density at radius 3 is 2.56 bits per heavy atom. The van der Waals surface area contributed by atoms with Gasteiger partial charge in [0, 0.05) is 19.6 Å². The van der Waals surface area contributed by atoms with Crippen LogP contribution in [0.4, 0.5) is 0 Å². The Morgan fingerprint density at radius 2 is 2.00 bits per heavy atom. The summed E-state index contributed by atoms with van der Waals surface area (Å²) in [6.45, 7) is 4.24. The number of sulfonamides is 2. The fourth-order valence-corrected chi connectivity index (χ4v) is 3.75. The number of rotatable bonds is 6. The van der Waals surface area contributed by atoms with Gasteiger partial charge in [-0.15, -0.1) is 0 Å². The summed E-state index contributed by atoms with van der Waals surface area (Å²) in [6.07, 6.45) is -0.124. The molecule has 1 aliphatic rings. The maximum atomic E-state index is 11.9. The van der Waals surface area contributed by atoms with E-state index in [9.17, 15) is 16.8 Å². The molecule has 0 bridgehead atoms. The van der Waals surface area contributed by atoms with Crippen molar-refractivity contribution in [2.24, 2.45) is 0 Å². The van der Waals surface area contributed by atoms with E-state index in [1.165, 1.54) is 11.2 Å². The maximum absolute atomic E-state index is 11.9. The molecule has 1 saturated heterocycles. The Hall–Kier alpha value is -0.220. The van der Waals surface area contributed by atoms with Gasteiger partial charge in [0.1, 0.15) is 0 Å². The van der Waals surface area contributed by atoms with Crippen LogP contribution in [0, 0.1) is 0 Å². The van der Waals surface area contributed by atoms with Crippen molar-refractivity contribution in [3.05, 3.63) is 0 Å². The highest BCUT2D eigenvalue weighted by Gasteiger charge is 2.27. The van der Waals surface area contributed by atoms with Gasteiger partial charge in [-0.2, -0.15) is 4.31 Å². The van der Waals surface area contributed by atoms with Crippen LogP contribution in [0.15, 0.2) is 0 Å². The maximum Gasteiger partial charge on any atom is 0.215 e. The van der Waals surface area contributed by atoms with Gasteiger partial charge in [-0.3, -0.25) is 0 Å². The first-order valence-corrected chi connectivity index (χ1v) is 9.10. The number of ether oxygens (including phenoxy) is 1. The van der Waals surface area contributed by atoms with Gasteiger partial charge in [-0.05, 0) is 13.8 Å². The number of hydrogen-bond donors (Lipinski definition) is 1. The Morgan fingerprint density at radius 1 is 1.33 bits per heavy atom. The molecule has 0 spiro atoms. The molecular formula is C9H20N2O5S2. The molecule has 1 N–H and O–H groups in total. The molecule has 0 aliphatic carbocycles. The van der Waals surface area contributed by atoms with Gasteiger partial charge in [0.2, 0.25) is 20.0 Å². The van der Waals surface area contributed by atoms with Crippen molar-refractivity contribution in [2.75, 3.05) is 37.7 Å². The van der Waals surface area contributed by atoms with Crippen molar-refractivity contribution < 1.29 is 21.6 Å². The minimum Gasteiger partial charge on any atom is -0.376 e. The fraction of sp³-hybridized carbons (Fsp3) is 1.00. The molecule has 0 saturated carbocycles. The average molecular weight is 300 g/mol. The monoisotopic (exact) mass is 300 g/mol. The van der Waals surface area contributed by atoms with Gasteiger partial charge >= 0.3 is 0 Å². The first-order chi connectivity index (χ1) is 8.27. The van der Waals surface area contributed by atoms with E-state index in [1.807, 2.05) is 6.92 Å². The van der Waals surface area contributed by atoms with Crippen molar-refractivity contribution in [1.82, 2.24) is 9.03 Å². The lowest BCUT2D eigenvalue weighted by Crippen LogP contribution is -2.46. The van der Waals surface area contributed by atoms with Crippen LogP contribution in [0.2, 0.25) is 0 Å². The Labute approximate surface area is 109 Å². The number of morpholine rings is 1. The van der Waals surface area contributed by atoms with Crippen LogP contribution in [0.5, 0.6) is 0 Å². The molecule has 0 aromatic heterocycles. The number of hydrogen-bond acceptors (Lipinski definition) is 5. The normalized spacial score (nSPS) is 23.1. The topological polar surface area (TPSA) is 92.8 Å². The molecular weight excluding hydrogens is 280 g/mol. The first-order valence-electron chi connectivity index (χ1n) is 5.83. The fourth-order valence-electron chi connectivity index (χ4n) is 1.60. The summed E-state index contributed by atoms with van der Waals surface area (Å²) in [6, 6.07) is 0. The molecule has 0 radical (unpaired) electrons. The van der Waals surface area contributed by atoms with Gasteiger partial charge < -0.3 is 4.74 Å². The summed E-state index contributed by atoms with van der Waals surface area (Å²) >= 11 is 0. The van der Waals surface area contributed by atoms with Crippen molar-refractivity contribution in [3.63, 3.8) is 0 Å². The summed E-state index contributed by atoms with van der Waals surface area (Å²) < 4.78 is 55.1. The molecule has 1 atom stereocenters. The lowest BCUT2D eigenvalue weighted by molar-refractivity contribution is 0.0102. The summed E-state index contributed by atoms with van der Waals surface area (Å²) in [5.74, 6) is -0.277. The van der Waals surface area contributed by atoms with Crippen molar-refractivity contribution >= 4 is 20.0 Å². The second-order valence-corrected chi connectivity index (χ2v) is 8.34. The Kier molecular flexibility index (Phi) is 5.53. The lowest BCUT2D eigenvalue weighted by atomic mass is 10.3. The van der Waals surface area contributed by atoms with Gasteiger partial charge in [0.25, 0.3) is 0 Å². The highest BCUT2D eigenvalue weighted by atomic mass is 32.2. The van der Waals surface area contributed by atoms with E-state index >= 15 is 0 Å². The van der Waals surface area contributed by atoms with Crippen LogP contribution in [0.25, 0.3) is 0 Å². The number of nitrogens with zero attached hydrogens (tertiary/aromatic N) is 1. The average Bonchev–Trinajstić information content (AvgIpc) is 2.28. The molecule has 9 heteroatoms. The summed E-state index contributed by atoms with van der Waals surface area (Å²) in [7, 11) is -6.76. The standard InChI is InChI=1S/C9H20N2O5S2/c1-3-17(12,13)10-4-7-18(14,15)11-5-6-16-9(2)8-11/h9-10H,3-8H2,1-2H3. The molecule has 1 unspecified atom stereocenters. The van der Waals surface area contributed by atoms with Crippen LogP contribution < -0.4 is 4.72 Å². The second-order valence-electron chi connectivity index (χ2n) is 4.15. The van der Waals surface area contributed by atoms with Crippen molar-refractivity contribution in [3.8, 4) is 0 Å². The molecule has 1 fully saturated rings. The quantitative estimate of drug-likeness (QED) is 0.677. The van der Waals surface area contributed by atoms with Crippen LogP contribution in [0.3, 0.4) is 0 Å². The summed E-state index contributed by atoms with van der Waals surface area (Å²) in [5.41, 5.74) is 0. The van der Waals surface area contributed by atoms with Crippen LogP contribution in [0.1, 0.15) is 13.8 Å². The highest BCUT2D eigenvalue weighted by molar-refractivity contribution is 7.90. The van der Waals surface area contributed by atoms with Crippen LogP contribution in [-0.4, -0.2) is 65.0 Å². The van der Waals surface area contributed by atoms with E-state index in [-0.39, 0.29) is 24.2 Å². The predicted octanol–water partition coefficient (Wildman–Crippen LogP) is -1.02. The van der Waals surface area contributed by atoms with Crippen molar-refractivity contribution in [2.45, 2.75) is 20.0 Å². The summed E-state index contributed by atoms with van der Waals surface area (Å²) in [4.78, 5) is 0. The van der Waals surface area contributed by atoms with Gasteiger partial charge in [-0.1, -0.05) is 0 Å². The van der Waals surface area contributed by atoms with Gasteiger partial charge in [0.05, 0.1) is 24.2 Å². The first kappa shape index (κ1) is 15.8. The minimum atomic E-state index is -3.42. The smallest absolute Gasteiger partial charge is 0.215 e. The van der Waals surface area contributed by atoms with E-state index in [1.54, 1.807) is 0 Å². The molecule has 1 aliphatic heterocycles. The largest absolute Gasteiger partial charge is 0.376 e. The predicted molar refractivity (Wildman–Crippen MR) is 68.2 cm³/mol. The molecule has 0 amide bonds.